The van der Waals surface area contributed by atoms with Gasteiger partial charge in [0.1, 0.15) is 0 Å². The summed E-state index contributed by atoms with van der Waals surface area (Å²) < 4.78 is 0. The molecule has 1 aromatic carbocycles. The van der Waals surface area contributed by atoms with Gasteiger partial charge in [0, 0.05) is 30.2 Å². The maximum absolute atomic E-state index is 12.6. The number of amides is 2. The van der Waals surface area contributed by atoms with Gasteiger partial charge in [-0.2, -0.15) is 0 Å². The van der Waals surface area contributed by atoms with Crippen molar-refractivity contribution in [2.24, 2.45) is 5.92 Å². The zero-order chi connectivity index (χ0) is 16.4. The molecule has 2 aromatic rings. The number of likely N-dealkylation sites (tertiary alicyclic amines) is 1. The highest BCUT2D eigenvalue weighted by Gasteiger charge is 2.40. The van der Waals surface area contributed by atoms with E-state index in [1.165, 1.54) is 24.8 Å². The van der Waals surface area contributed by atoms with Crippen molar-refractivity contribution in [1.82, 2.24) is 9.88 Å². The summed E-state index contributed by atoms with van der Waals surface area (Å²) in [6.45, 7) is 0.923. The number of piperidine rings is 1. The van der Waals surface area contributed by atoms with Crippen LogP contribution in [0.5, 0.6) is 0 Å². The van der Waals surface area contributed by atoms with Crippen LogP contribution in [0, 0.1) is 5.92 Å². The number of rotatable bonds is 4. The number of hydrogen-bond acceptors (Lipinski definition) is 2. The number of fused-ring (bicyclic) bond motifs is 2. The number of para-hydroxylation sites is 1. The molecule has 1 aromatic heterocycles. The third-order valence-electron chi connectivity index (χ3n) is 5.31. The maximum atomic E-state index is 12.6. The van der Waals surface area contributed by atoms with Gasteiger partial charge in [-0.15, -0.1) is 0 Å². The Hall–Kier alpha value is -2.36. The third kappa shape index (κ3) is 3.14. The molecule has 0 unspecified atom stereocenters. The van der Waals surface area contributed by atoms with Gasteiger partial charge in [-0.1, -0.05) is 24.3 Å². The van der Waals surface area contributed by atoms with Crippen LogP contribution in [-0.2, 0) is 12.8 Å². The van der Waals surface area contributed by atoms with E-state index in [2.05, 4.69) is 16.4 Å². The van der Waals surface area contributed by atoms with Crippen molar-refractivity contribution in [2.45, 2.75) is 38.1 Å². The quantitative estimate of drug-likeness (QED) is 0.929. The first-order chi connectivity index (χ1) is 11.8. The Bertz CT molecular complexity index is 716. The van der Waals surface area contributed by atoms with Crippen molar-refractivity contribution in [3.05, 3.63) is 59.9 Å². The molecule has 1 saturated heterocycles. The van der Waals surface area contributed by atoms with Gasteiger partial charge in [-0.3, -0.25) is 4.98 Å². The SMILES string of the molecule is O=C(Nc1ccccc1CCc1ccccn1)N1C[C@H]2CC[C@H]1C2. The first-order valence-electron chi connectivity index (χ1n) is 8.85. The van der Waals surface area contributed by atoms with Gasteiger partial charge >= 0.3 is 6.03 Å². The highest BCUT2D eigenvalue weighted by molar-refractivity contribution is 5.90. The lowest BCUT2D eigenvalue weighted by Gasteiger charge is -2.27. The van der Waals surface area contributed by atoms with E-state index in [1.54, 1.807) is 0 Å². The summed E-state index contributed by atoms with van der Waals surface area (Å²) in [5.41, 5.74) is 3.18. The summed E-state index contributed by atoms with van der Waals surface area (Å²) in [4.78, 5) is 19.0. The van der Waals surface area contributed by atoms with Crippen LogP contribution < -0.4 is 5.32 Å². The number of hydrogen-bond donors (Lipinski definition) is 1. The molecule has 0 spiro atoms. The summed E-state index contributed by atoms with van der Waals surface area (Å²) in [5, 5.41) is 3.14. The van der Waals surface area contributed by atoms with Gasteiger partial charge < -0.3 is 10.2 Å². The fraction of sp³-hybridized carbons (Fsp3) is 0.400. The van der Waals surface area contributed by atoms with Crippen molar-refractivity contribution >= 4 is 11.7 Å². The Morgan fingerprint density at radius 3 is 2.75 bits per heavy atom. The average molecular weight is 321 g/mol. The topological polar surface area (TPSA) is 45.2 Å². The van der Waals surface area contributed by atoms with Crippen molar-refractivity contribution in [3.8, 4) is 0 Å². The minimum absolute atomic E-state index is 0.0625. The lowest BCUT2D eigenvalue weighted by Crippen LogP contribution is -2.40. The van der Waals surface area contributed by atoms with Gasteiger partial charge in [-0.05, 0) is 61.8 Å². The molecule has 2 amide bonds. The third-order valence-corrected chi connectivity index (χ3v) is 5.31. The van der Waals surface area contributed by atoms with Crippen molar-refractivity contribution in [3.63, 3.8) is 0 Å². The van der Waals surface area contributed by atoms with E-state index in [0.29, 0.717) is 6.04 Å². The summed E-state index contributed by atoms with van der Waals surface area (Å²) in [6.07, 6.45) is 7.22. The number of nitrogens with one attached hydrogen (secondary N) is 1. The Labute approximate surface area is 142 Å². The second kappa shape index (κ2) is 6.63. The minimum Gasteiger partial charge on any atom is -0.321 e. The maximum Gasteiger partial charge on any atom is 0.322 e. The lowest BCUT2D eigenvalue weighted by molar-refractivity contribution is 0.194. The van der Waals surface area contributed by atoms with Crippen LogP contribution in [0.15, 0.2) is 48.7 Å². The number of aromatic nitrogens is 1. The molecule has 1 saturated carbocycles. The molecule has 4 nitrogen and oxygen atoms in total. The Kier molecular flexibility index (Phi) is 4.20. The van der Waals surface area contributed by atoms with Gasteiger partial charge in [0.25, 0.3) is 0 Å². The van der Waals surface area contributed by atoms with E-state index in [9.17, 15) is 4.79 Å². The van der Waals surface area contributed by atoms with E-state index >= 15 is 0 Å². The first kappa shape index (κ1) is 15.2. The van der Waals surface area contributed by atoms with Crippen molar-refractivity contribution in [1.29, 1.82) is 0 Å². The number of nitrogens with zero attached hydrogens (tertiary/aromatic N) is 2. The van der Waals surface area contributed by atoms with Crippen LogP contribution in [0.25, 0.3) is 0 Å². The molecule has 2 atom stereocenters. The van der Waals surface area contributed by atoms with Gasteiger partial charge in [-0.25, -0.2) is 4.79 Å². The zero-order valence-electron chi connectivity index (χ0n) is 13.8. The number of aryl methyl sites for hydroxylation is 2. The molecule has 4 heteroatoms. The molecule has 24 heavy (non-hydrogen) atoms. The van der Waals surface area contributed by atoms with Crippen molar-refractivity contribution < 1.29 is 4.79 Å². The van der Waals surface area contributed by atoms with E-state index < -0.39 is 0 Å². The highest BCUT2D eigenvalue weighted by Crippen LogP contribution is 2.37. The van der Waals surface area contributed by atoms with E-state index in [-0.39, 0.29) is 6.03 Å². The fourth-order valence-corrected chi connectivity index (χ4v) is 4.03. The predicted octanol–water partition coefficient (Wildman–Crippen LogP) is 3.88. The van der Waals surface area contributed by atoms with E-state index in [4.69, 9.17) is 0 Å². The lowest BCUT2D eigenvalue weighted by atomic mass is 10.1. The average Bonchev–Trinajstić information content (AvgIpc) is 3.25. The number of carbonyl (C=O) groups is 1. The summed E-state index contributed by atoms with van der Waals surface area (Å²) in [7, 11) is 0. The standard InChI is InChI=1S/C20H23N3O/c24-20(23-14-15-8-11-18(23)13-15)22-19-7-2-1-5-16(19)9-10-17-6-3-4-12-21-17/h1-7,12,15,18H,8-11,13-14H2,(H,22,24)/t15-,18-/m0/s1. The highest BCUT2D eigenvalue weighted by atomic mass is 16.2. The summed E-state index contributed by atoms with van der Waals surface area (Å²) in [6, 6.07) is 14.6. The van der Waals surface area contributed by atoms with E-state index in [0.717, 1.165) is 36.7 Å². The van der Waals surface area contributed by atoms with E-state index in [1.807, 2.05) is 47.5 Å². The molecule has 1 aliphatic carbocycles. The smallest absolute Gasteiger partial charge is 0.321 e. The molecule has 0 radical (unpaired) electrons. The minimum atomic E-state index is 0.0625. The second-order valence-corrected chi connectivity index (χ2v) is 6.89. The molecule has 124 valence electrons. The Morgan fingerprint density at radius 1 is 1.12 bits per heavy atom. The number of pyridine rings is 1. The first-order valence-corrected chi connectivity index (χ1v) is 8.85. The molecule has 2 fully saturated rings. The molecule has 1 aliphatic heterocycles. The van der Waals surface area contributed by atoms with Gasteiger partial charge in [0.2, 0.25) is 0 Å². The fourth-order valence-electron chi connectivity index (χ4n) is 4.03. The monoisotopic (exact) mass is 321 g/mol. The molecule has 1 N–H and O–H groups in total. The van der Waals surface area contributed by atoms with Gasteiger partial charge in [0.15, 0.2) is 0 Å². The second-order valence-electron chi connectivity index (χ2n) is 6.89. The molecule has 2 aliphatic rings. The Balaban J connectivity index is 1.42. The van der Waals surface area contributed by atoms with Gasteiger partial charge in [0.05, 0.1) is 0 Å². The van der Waals surface area contributed by atoms with Crippen LogP contribution in [-0.4, -0.2) is 28.5 Å². The molecular formula is C20H23N3O. The normalized spacial score (nSPS) is 21.9. The van der Waals surface area contributed by atoms with Crippen LogP contribution in [0.1, 0.15) is 30.5 Å². The molecule has 4 rings (SSSR count). The van der Waals surface area contributed by atoms with Crippen molar-refractivity contribution in [2.75, 3.05) is 11.9 Å². The number of urea groups is 1. The number of anilines is 1. The van der Waals surface area contributed by atoms with Crippen LogP contribution in [0.3, 0.4) is 0 Å². The Morgan fingerprint density at radius 2 is 2.00 bits per heavy atom. The van der Waals surface area contributed by atoms with Crippen LogP contribution in [0.2, 0.25) is 0 Å². The summed E-state index contributed by atoms with van der Waals surface area (Å²) >= 11 is 0. The molecular weight excluding hydrogens is 298 g/mol. The predicted molar refractivity (Wildman–Crippen MR) is 94.9 cm³/mol. The number of carbonyl (C=O) groups excluding carboxylic acids is 1. The largest absolute Gasteiger partial charge is 0.322 e. The summed E-state index contributed by atoms with van der Waals surface area (Å²) in [5.74, 6) is 0.722. The van der Waals surface area contributed by atoms with Crippen LogP contribution >= 0.6 is 0 Å². The van der Waals surface area contributed by atoms with Crippen LogP contribution in [0.4, 0.5) is 10.5 Å². The zero-order valence-corrected chi connectivity index (χ0v) is 13.8. The molecule has 2 heterocycles. The number of benzene rings is 1. The molecule has 2 bridgehead atoms.